The Bertz CT molecular complexity index is 595. The number of nitrogens with one attached hydrogen (secondary N) is 1. The lowest BCUT2D eigenvalue weighted by atomic mass is 10.2. The fourth-order valence-electron chi connectivity index (χ4n) is 2.12. The number of nitrogens with zero attached hydrogens (tertiary/aromatic N) is 2. The summed E-state index contributed by atoms with van der Waals surface area (Å²) in [4.78, 5) is 18.3. The van der Waals surface area contributed by atoms with E-state index in [0.29, 0.717) is 18.3 Å². The van der Waals surface area contributed by atoms with Crippen LogP contribution in [0.3, 0.4) is 0 Å². The second-order valence-corrected chi connectivity index (χ2v) is 5.53. The number of amides is 1. The molecule has 4 heteroatoms. The minimum atomic E-state index is -0.0704. The number of benzene rings is 1. The molecule has 22 heavy (non-hydrogen) atoms. The summed E-state index contributed by atoms with van der Waals surface area (Å²) < 4.78 is 0. The van der Waals surface area contributed by atoms with E-state index in [1.807, 2.05) is 36.4 Å². The summed E-state index contributed by atoms with van der Waals surface area (Å²) in [5.74, 6) is -0.0704. The molecule has 1 N–H and O–H groups in total. The maximum atomic E-state index is 12.4. The van der Waals surface area contributed by atoms with Crippen LogP contribution in [-0.2, 0) is 6.54 Å². The quantitative estimate of drug-likeness (QED) is 0.886. The largest absolute Gasteiger partial charge is 0.381 e. The van der Waals surface area contributed by atoms with E-state index in [9.17, 15) is 4.79 Å². The fourth-order valence-corrected chi connectivity index (χ4v) is 2.12. The number of carbonyl (C=O) groups excluding carboxylic acids is 1. The molecule has 0 spiro atoms. The summed E-state index contributed by atoms with van der Waals surface area (Å²) in [6, 6.07) is 14.0. The van der Waals surface area contributed by atoms with Crippen molar-refractivity contribution < 1.29 is 4.79 Å². The Kier molecular flexibility index (Phi) is 5.53. The number of carbonyl (C=O) groups is 1. The topological polar surface area (TPSA) is 45.2 Å². The average molecular weight is 297 g/mol. The molecule has 1 aromatic heterocycles. The van der Waals surface area contributed by atoms with Crippen molar-refractivity contribution in [1.82, 2.24) is 9.88 Å². The highest BCUT2D eigenvalue weighted by molar-refractivity contribution is 5.92. The smallest absolute Gasteiger partial charge is 0.272 e. The third-order valence-electron chi connectivity index (χ3n) is 3.62. The van der Waals surface area contributed by atoms with Gasteiger partial charge in [-0.15, -0.1) is 0 Å². The number of aromatic nitrogens is 1. The molecule has 0 saturated heterocycles. The van der Waals surface area contributed by atoms with Gasteiger partial charge in [0.2, 0.25) is 0 Å². The first-order chi connectivity index (χ1) is 10.6. The van der Waals surface area contributed by atoms with Crippen LogP contribution in [0.25, 0.3) is 0 Å². The van der Waals surface area contributed by atoms with Gasteiger partial charge in [0, 0.05) is 19.6 Å². The molecule has 1 unspecified atom stereocenters. The highest BCUT2D eigenvalue weighted by Gasteiger charge is 2.13. The average Bonchev–Trinajstić information content (AvgIpc) is 2.55. The third-order valence-corrected chi connectivity index (χ3v) is 3.62. The Balaban J connectivity index is 2.00. The monoisotopic (exact) mass is 297 g/mol. The Labute approximate surface area is 132 Å². The van der Waals surface area contributed by atoms with Crippen LogP contribution < -0.4 is 5.32 Å². The molecule has 0 aliphatic heterocycles. The molecule has 0 radical (unpaired) electrons. The van der Waals surface area contributed by atoms with E-state index in [0.717, 1.165) is 17.7 Å². The summed E-state index contributed by atoms with van der Waals surface area (Å²) >= 11 is 0. The van der Waals surface area contributed by atoms with Crippen molar-refractivity contribution in [2.24, 2.45) is 0 Å². The summed E-state index contributed by atoms with van der Waals surface area (Å²) in [5.41, 5.74) is 2.51. The molecule has 1 amide bonds. The van der Waals surface area contributed by atoms with Gasteiger partial charge in [0.25, 0.3) is 5.91 Å². The van der Waals surface area contributed by atoms with Crippen LogP contribution in [0.15, 0.2) is 48.7 Å². The van der Waals surface area contributed by atoms with Gasteiger partial charge < -0.3 is 10.2 Å². The van der Waals surface area contributed by atoms with Crippen LogP contribution in [-0.4, -0.2) is 28.9 Å². The van der Waals surface area contributed by atoms with Crippen molar-refractivity contribution in [3.05, 3.63) is 59.9 Å². The summed E-state index contributed by atoms with van der Waals surface area (Å²) in [7, 11) is 1.79. The molecule has 2 rings (SSSR count). The van der Waals surface area contributed by atoms with Gasteiger partial charge in [0.1, 0.15) is 5.69 Å². The van der Waals surface area contributed by atoms with Crippen molar-refractivity contribution in [2.75, 3.05) is 12.4 Å². The van der Waals surface area contributed by atoms with E-state index in [2.05, 4.69) is 24.1 Å². The van der Waals surface area contributed by atoms with E-state index in [1.54, 1.807) is 24.2 Å². The summed E-state index contributed by atoms with van der Waals surface area (Å²) in [6.45, 7) is 4.82. The molecular formula is C18H23N3O. The normalized spacial score (nSPS) is 11.8. The van der Waals surface area contributed by atoms with Crippen molar-refractivity contribution in [1.29, 1.82) is 0 Å². The van der Waals surface area contributed by atoms with Crippen LogP contribution in [0.2, 0.25) is 0 Å². The van der Waals surface area contributed by atoms with Gasteiger partial charge in [-0.3, -0.25) is 4.79 Å². The van der Waals surface area contributed by atoms with Crippen LogP contribution >= 0.6 is 0 Å². The molecule has 1 heterocycles. The minimum absolute atomic E-state index is 0.0704. The SMILES string of the molecule is CCC(C)Nc1ccc(C(=O)N(C)Cc2ccccc2)nc1. The van der Waals surface area contributed by atoms with Crippen LogP contribution in [0.4, 0.5) is 5.69 Å². The lowest BCUT2D eigenvalue weighted by Crippen LogP contribution is -2.27. The van der Waals surface area contributed by atoms with E-state index in [-0.39, 0.29) is 5.91 Å². The van der Waals surface area contributed by atoms with Gasteiger partial charge in [0.15, 0.2) is 0 Å². The molecule has 4 nitrogen and oxygen atoms in total. The first-order valence-electron chi connectivity index (χ1n) is 7.62. The van der Waals surface area contributed by atoms with Crippen LogP contribution in [0.1, 0.15) is 36.3 Å². The molecule has 0 saturated carbocycles. The zero-order valence-corrected chi connectivity index (χ0v) is 13.4. The summed E-state index contributed by atoms with van der Waals surface area (Å²) in [5, 5.41) is 3.34. The number of pyridine rings is 1. The zero-order chi connectivity index (χ0) is 15.9. The van der Waals surface area contributed by atoms with E-state index < -0.39 is 0 Å². The molecule has 0 aliphatic carbocycles. The van der Waals surface area contributed by atoms with Gasteiger partial charge in [-0.25, -0.2) is 4.98 Å². The van der Waals surface area contributed by atoms with Crippen molar-refractivity contribution >= 4 is 11.6 Å². The molecule has 0 bridgehead atoms. The highest BCUT2D eigenvalue weighted by Crippen LogP contribution is 2.11. The van der Waals surface area contributed by atoms with Gasteiger partial charge in [-0.1, -0.05) is 37.3 Å². The standard InChI is InChI=1S/C18H23N3O/c1-4-14(2)20-16-10-11-17(19-12-16)18(22)21(3)13-15-8-6-5-7-9-15/h5-12,14,20H,4,13H2,1-3H3. The van der Waals surface area contributed by atoms with Gasteiger partial charge in [-0.2, -0.15) is 0 Å². The number of rotatable bonds is 6. The molecule has 1 aromatic carbocycles. The van der Waals surface area contributed by atoms with E-state index in [1.165, 1.54) is 0 Å². The van der Waals surface area contributed by atoms with Gasteiger partial charge in [-0.05, 0) is 31.0 Å². The summed E-state index contributed by atoms with van der Waals surface area (Å²) in [6.07, 6.45) is 2.76. The molecule has 1 atom stereocenters. The van der Waals surface area contributed by atoms with Crippen molar-refractivity contribution in [3.63, 3.8) is 0 Å². The Morgan fingerprint density at radius 3 is 2.55 bits per heavy atom. The Hall–Kier alpha value is -2.36. The zero-order valence-electron chi connectivity index (χ0n) is 13.4. The predicted octanol–water partition coefficient (Wildman–Crippen LogP) is 3.56. The van der Waals surface area contributed by atoms with Crippen molar-refractivity contribution in [3.8, 4) is 0 Å². The fraction of sp³-hybridized carbons (Fsp3) is 0.333. The van der Waals surface area contributed by atoms with Gasteiger partial charge in [0.05, 0.1) is 11.9 Å². The van der Waals surface area contributed by atoms with E-state index >= 15 is 0 Å². The maximum absolute atomic E-state index is 12.4. The highest BCUT2D eigenvalue weighted by atomic mass is 16.2. The lowest BCUT2D eigenvalue weighted by Gasteiger charge is -2.17. The second kappa shape index (κ2) is 7.59. The second-order valence-electron chi connectivity index (χ2n) is 5.53. The molecule has 0 aliphatic rings. The predicted molar refractivity (Wildman–Crippen MR) is 89.9 cm³/mol. The lowest BCUT2D eigenvalue weighted by molar-refractivity contribution is 0.0779. The number of anilines is 1. The number of hydrogen-bond donors (Lipinski definition) is 1. The molecule has 2 aromatic rings. The maximum Gasteiger partial charge on any atom is 0.272 e. The Morgan fingerprint density at radius 1 is 1.23 bits per heavy atom. The van der Waals surface area contributed by atoms with Gasteiger partial charge >= 0.3 is 0 Å². The number of hydrogen-bond acceptors (Lipinski definition) is 3. The Morgan fingerprint density at radius 2 is 1.95 bits per heavy atom. The molecular weight excluding hydrogens is 274 g/mol. The third kappa shape index (κ3) is 4.32. The molecule has 0 fully saturated rings. The minimum Gasteiger partial charge on any atom is -0.381 e. The van der Waals surface area contributed by atoms with Crippen LogP contribution in [0, 0.1) is 0 Å². The first-order valence-corrected chi connectivity index (χ1v) is 7.62. The van der Waals surface area contributed by atoms with Crippen molar-refractivity contribution in [2.45, 2.75) is 32.9 Å². The van der Waals surface area contributed by atoms with E-state index in [4.69, 9.17) is 0 Å². The molecule has 116 valence electrons. The van der Waals surface area contributed by atoms with Crippen LogP contribution in [0.5, 0.6) is 0 Å². The first kappa shape index (κ1) is 16.0.